The Labute approximate surface area is 193 Å². The first kappa shape index (κ1) is 22.7. The van der Waals surface area contributed by atoms with Crippen molar-refractivity contribution in [2.45, 2.75) is 30.6 Å². The van der Waals surface area contributed by atoms with Gasteiger partial charge >= 0.3 is 0 Å². The fraction of sp³-hybridized carbons (Fsp3) is 0.292. The molecular weight excluding hydrogens is 440 g/mol. The number of amidine groups is 1. The molecule has 0 atom stereocenters. The van der Waals surface area contributed by atoms with Crippen LogP contribution in [0.5, 0.6) is 0 Å². The molecule has 2 aromatic carbocycles. The quantitative estimate of drug-likeness (QED) is 0.729. The number of nitrogens with zero attached hydrogens (tertiary/aromatic N) is 3. The van der Waals surface area contributed by atoms with Crippen molar-refractivity contribution in [3.8, 4) is 0 Å². The van der Waals surface area contributed by atoms with Gasteiger partial charge in [-0.15, -0.1) is 4.40 Å². The fourth-order valence-electron chi connectivity index (χ4n) is 4.02. The third kappa shape index (κ3) is 4.83. The molecule has 1 fully saturated rings. The summed E-state index contributed by atoms with van der Waals surface area (Å²) in [6, 6.07) is 13.0. The molecule has 0 saturated carbocycles. The summed E-state index contributed by atoms with van der Waals surface area (Å²) in [6.45, 7) is 4.48. The number of carbonyl (C=O) groups is 2. The minimum absolute atomic E-state index is 0.000453. The van der Waals surface area contributed by atoms with Crippen LogP contribution in [0.25, 0.3) is 5.70 Å². The van der Waals surface area contributed by atoms with Crippen LogP contribution < -0.4 is 5.32 Å². The van der Waals surface area contributed by atoms with Gasteiger partial charge in [0.25, 0.3) is 15.9 Å². The third-order valence-electron chi connectivity index (χ3n) is 5.82. The van der Waals surface area contributed by atoms with Crippen molar-refractivity contribution >= 4 is 39.1 Å². The van der Waals surface area contributed by atoms with Gasteiger partial charge in [-0.25, -0.2) is 0 Å². The highest BCUT2D eigenvalue weighted by Crippen LogP contribution is 2.31. The number of amides is 2. The number of carbonyl (C=O) groups excluding carboxylic acids is 2. The van der Waals surface area contributed by atoms with E-state index in [0.29, 0.717) is 34.8 Å². The maximum absolute atomic E-state index is 12.9. The SMILES string of the molecule is C=C1c2ccccc2C(=O)N1CC(=O)Nc1cccc(S(=O)(=O)/N=C2/CCCCCN2C)c1. The molecule has 172 valence electrons. The molecule has 33 heavy (non-hydrogen) atoms. The maximum Gasteiger partial charge on any atom is 0.284 e. The second-order valence-electron chi connectivity index (χ2n) is 8.17. The van der Waals surface area contributed by atoms with Gasteiger partial charge in [-0.2, -0.15) is 8.42 Å². The molecule has 2 amide bonds. The first-order valence-electron chi connectivity index (χ1n) is 10.8. The van der Waals surface area contributed by atoms with Crippen molar-refractivity contribution in [2.24, 2.45) is 4.40 Å². The van der Waals surface area contributed by atoms with Gasteiger partial charge in [0.2, 0.25) is 5.91 Å². The summed E-state index contributed by atoms with van der Waals surface area (Å²) in [5, 5.41) is 2.67. The Kier molecular flexibility index (Phi) is 6.33. The van der Waals surface area contributed by atoms with Crippen LogP contribution in [0.15, 0.2) is 64.4 Å². The fourth-order valence-corrected chi connectivity index (χ4v) is 5.16. The zero-order chi connectivity index (χ0) is 23.6. The number of benzene rings is 2. The molecule has 2 aliphatic heterocycles. The van der Waals surface area contributed by atoms with E-state index in [1.807, 2.05) is 18.0 Å². The summed E-state index contributed by atoms with van der Waals surface area (Å²) in [6.07, 6.45) is 3.57. The van der Waals surface area contributed by atoms with E-state index in [4.69, 9.17) is 0 Å². The lowest BCUT2D eigenvalue weighted by Crippen LogP contribution is -2.32. The maximum atomic E-state index is 12.9. The second-order valence-corrected chi connectivity index (χ2v) is 9.78. The van der Waals surface area contributed by atoms with Gasteiger partial charge in [0, 0.05) is 42.5 Å². The van der Waals surface area contributed by atoms with E-state index in [1.54, 1.807) is 30.3 Å². The van der Waals surface area contributed by atoms with E-state index in [2.05, 4.69) is 16.3 Å². The summed E-state index contributed by atoms with van der Waals surface area (Å²) < 4.78 is 29.9. The number of likely N-dealkylation sites (tertiary alicyclic amines) is 1. The largest absolute Gasteiger partial charge is 0.362 e. The van der Waals surface area contributed by atoms with E-state index >= 15 is 0 Å². The first-order valence-corrected chi connectivity index (χ1v) is 12.3. The minimum atomic E-state index is -3.93. The zero-order valence-corrected chi connectivity index (χ0v) is 19.3. The van der Waals surface area contributed by atoms with E-state index in [1.165, 1.54) is 17.0 Å². The van der Waals surface area contributed by atoms with Crippen LogP contribution in [0.4, 0.5) is 5.69 Å². The number of sulfonamides is 1. The predicted octanol–water partition coefficient (Wildman–Crippen LogP) is 3.34. The minimum Gasteiger partial charge on any atom is -0.362 e. The van der Waals surface area contributed by atoms with Crippen LogP contribution in [0.1, 0.15) is 41.6 Å². The van der Waals surface area contributed by atoms with Gasteiger partial charge in [-0.05, 0) is 37.1 Å². The van der Waals surface area contributed by atoms with Crippen LogP contribution in [0, 0.1) is 0 Å². The van der Waals surface area contributed by atoms with Crippen molar-refractivity contribution in [3.63, 3.8) is 0 Å². The van der Waals surface area contributed by atoms with Crippen molar-refractivity contribution < 1.29 is 18.0 Å². The second kappa shape index (κ2) is 9.19. The molecule has 1 saturated heterocycles. The molecule has 2 aromatic rings. The van der Waals surface area contributed by atoms with Crippen molar-refractivity contribution in [3.05, 3.63) is 66.2 Å². The number of hydrogen-bond donors (Lipinski definition) is 1. The number of nitrogens with one attached hydrogen (secondary N) is 1. The van der Waals surface area contributed by atoms with Crippen LogP contribution in [-0.2, 0) is 14.8 Å². The normalized spacial score (nSPS) is 17.8. The summed E-state index contributed by atoms with van der Waals surface area (Å²) in [5.41, 5.74) is 1.98. The zero-order valence-electron chi connectivity index (χ0n) is 18.5. The lowest BCUT2D eigenvalue weighted by molar-refractivity contribution is -0.116. The average Bonchev–Trinajstić information content (AvgIpc) is 2.91. The van der Waals surface area contributed by atoms with Gasteiger partial charge in [0.1, 0.15) is 12.4 Å². The van der Waals surface area contributed by atoms with E-state index in [-0.39, 0.29) is 17.3 Å². The molecule has 2 aliphatic rings. The Hall–Kier alpha value is -3.46. The Balaban J connectivity index is 1.48. The Bertz CT molecular complexity index is 1220. The molecule has 2 heterocycles. The van der Waals surface area contributed by atoms with Crippen molar-refractivity contribution in [1.82, 2.24) is 9.80 Å². The van der Waals surface area contributed by atoms with Crippen LogP contribution in [0.2, 0.25) is 0 Å². The Morgan fingerprint density at radius 3 is 2.61 bits per heavy atom. The van der Waals surface area contributed by atoms with E-state index in [0.717, 1.165) is 25.8 Å². The van der Waals surface area contributed by atoms with Gasteiger partial charge in [0.15, 0.2) is 0 Å². The monoisotopic (exact) mass is 466 g/mol. The molecule has 0 bridgehead atoms. The molecule has 1 N–H and O–H groups in total. The molecule has 8 nitrogen and oxygen atoms in total. The lowest BCUT2D eigenvalue weighted by Gasteiger charge is -2.18. The number of fused-ring (bicyclic) bond motifs is 1. The molecule has 0 spiro atoms. The summed E-state index contributed by atoms with van der Waals surface area (Å²) in [5.74, 6) is -0.195. The highest BCUT2D eigenvalue weighted by Gasteiger charge is 2.32. The van der Waals surface area contributed by atoms with Crippen LogP contribution in [-0.4, -0.2) is 56.0 Å². The van der Waals surface area contributed by atoms with E-state index < -0.39 is 15.9 Å². The van der Waals surface area contributed by atoms with Crippen molar-refractivity contribution in [2.75, 3.05) is 25.5 Å². The molecular formula is C24H26N4O4S. The predicted molar refractivity (Wildman–Crippen MR) is 127 cm³/mol. The molecule has 0 aromatic heterocycles. The smallest absolute Gasteiger partial charge is 0.284 e. The molecule has 0 unspecified atom stereocenters. The van der Waals surface area contributed by atoms with Crippen molar-refractivity contribution in [1.29, 1.82) is 0 Å². The first-order chi connectivity index (χ1) is 15.8. The van der Waals surface area contributed by atoms with Gasteiger partial charge < -0.3 is 10.2 Å². The summed E-state index contributed by atoms with van der Waals surface area (Å²) in [7, 11) is -2.08. The molecule has 9 heteroatoms. The Morgan fingerprint density at radius 2 is 1.85 bits per heavy atom. The third-order valence-corrected chi connectivity index (χ3v) is 7.12. The Morgan fingerprint density at radius 1 is 1.09 bits per heavy atom. The molecule has 4 rings (SSSR count). The summed E-state index contributed by atoms with van der Waals surface area (Å²) in [4.78, 5) is 28.4. The lowest BCUT2D eigenvalue weighted by atomic mass is 10.1. The summed E-state index contributed by atoms with van der Waals surface area (Å²) >= 11 is 0. The molecule has 0 aliphatic carbocycles. The average molecular weight is 467 g/mol. The van der Waals surface area contributed by atoms with Crippen LogP contribution >= 0.6 is 0 Å². The number of anilines is 1. The van der Waals surface area contributed by atoms with Gasteiger partial charge in [0.05, 0.1) is 4.90 Å². The van der Waals surface area contributed by atoms with Gasteiger partial charge in [-0.1, -0.05) is 37.3 Å². The molecule has 0 radical (unpaired) electrons. The van der Waals surface area contributed by atoms with E-state index in [9.17, 15) is 18.0 Å². The standard InChI is InChI=1S/C24H26N4O4S/c1-17-20-11-5-6-12-21(20)24(30)28(17)16-23(29)25-18-9-8-10-19(15-18)33(31,32)26-22-13-4-3-7-14-27(22)2/h5-6,8-12,15H,1,3-4,7,13-14,16H2,2H3,(H,25,29)/b26-22-. The van der Waals surface area contributed by atoms with Crippen LogP contribution in [0.3, 0.4) is 0 Å². The number of rotatable bonds is 5. The highest BCUT2D eigenvalue weighted by molar-refractivity contribution is 7.90. The number of hydrogen-bond acceptors (Lipinski definition) is 4. The highest BCUT2D eigenvalue weighted by atomic mass is 32.2. The van der Waals surface area contributed by atoms with Gasteiger partial charge in [-0.3, -0.25) is 14.5 Å². The topological polar surface area (TPSA) is 99.2 Å².